The molecule has 8 heteroatoms. The van der Waals surface area contributed by atoms with Crippen LogP contribution in [0.5, 0.6) is 5.75 Å². The van der Waals surface area contributed by atoms with Crippen LogP contribution < -0.4 is 15.0 Å². The number of nitrogens with zero attached hydrogens (tertiary/aromatic N) is 5. The monoisotopic (exact) mass is 416 g/mol. The number of rotatable bonds is 4. The third-order valence-electron chi connectivity index (χ3n) is 5.21. The van der Waals surface area contributed by atoms with Crippen molar-refractivity contribution in [1.82, 2.24) is 15.1 Å². The van der Waals surface area contributed by atoms with Crippen molar-refractivity contribution >= 4 is 23.6 Å². The summed E-state index contributed by atoms with van der Waals surface area (Å²) in [5.74, 6) is 0.960. The number of nitrogens with one attached hydrogen (secondary N) is 1. The zero-order valence-electron chi connectivity index (χ0n) is 16.9. The van der Waals surface area contributed by atoms with E-state index in [1.165, 1.54) is 0 Å². The van der Waals surface area contributed by atoms with Gasteiger partial charge in [0.2, 0.25) is 0 Å². The average molecular weight is 416 g/mol. The number of anilines is 1. The molecular formula is C23H24N6O2. The molecule has 1 atom stereocenters. The summed E-state index contributed by atoms with van der Waals surface area (Å²) in [6, 6.07) is 17.9. The molecule has 2 aromatic carbocycles. The maximum absolute atomic E-state index is 12.8. The molecule has 2 aliphatic heterocycles. The second-order valence-corrected chi connectivity index (χ2v) is 7.36. The molecule has 0 fully saturated rings. The molecule has 0 radical (unpaired) electrons. The van der Waals surface area contributed by atoms with Crippen molar-refractivity contribution in [2.75, 3.05) is 24.5 Å². The highest BCUT2D eigenvalue weighted by molar-refractivity contribution is 6.33. The summed E-state index contributed by atoms with van der Waals surface area (Å²) in [5, 5.41) is 7.09. The van der Waals surface area contributed by atoms with Gasteiger partial charge in [-0.25, -0.2) is 4.68 Å². The first-order valence-electron chi connectivity index (χ1n) is 10.2. The molecule has 3 heterocycles. The minimum absolute atomic E-state index is 0. The Morgan fingerprint density at radius 1 is 1.13 bits per heavy atom. The Morgan fingerprint density at radius 3 is 2.77 bits per heavy atom. The molecule has 1 unspecified atom stereocenters. The first-order valence-corrected chi connectivity index (χ1v) is 10.2. The molecule has 0 aliphatic carbocycles. The summed E-state index contributed by atoms with van der Waals surface area (Å²) in [7, 11) is 0. The van der Waals surface area contributed by atoms with Gasteiger partial charge in [-0.05, 0) is 35.9 Å². The van der Waals surface area contributed by atoms with Crippen LogP contribution in [0.3, 0.4) is 0 Å². The van der Waals surface area contributed by atoms with Crippen molar-refractivity contribution in [2.24, 2.45) is 9.98 Å². The third kappa shape index (κ3) is 4.18. The second kappa shape index (κ2) is 8.43. The normalized spacial score (nSPS) is 17.5. The highest BCUT2D eigenvalue weighted by atomic mass is 16.5. The van der Waals surface area contributed by atoms with Crippen LogP contribution in [-0.2, 0) is 11.3 Å². The van der Waals surface area contributed by atoms with E-state index in [0.717, 1.165) is 16.9 Å². The third-order valence-corrected chi connectivity index (χ3v) is 5.21. The number of carbonyl (C=O) groups excluding carboxylic acids is 1. The van der Waals surface area contributed by atoms with E-state index in [4.69, 9.17) is 4.74 Å². The SMILES string of the molecule is O=C(NC1=NCCN=C1)C1CN(Cc2ccc(-n3cccn3)cc2)c2ccccc2O1.[HH]. The number of aromatic nitrogens is 2. The quantitative estimate of drug-likeness (QED) is 0.708. The summed E-state index contributed by atoms with van der Waals surface area (Å²) in [6.45, 7) is 2.33. The number of amidine groups is 1. The zero-order valence-corrected chi connectivity index (χ0v) is 16.9. The zero-order chi connectivity index (χ0) is 21.0. The Morgan fingerprint density at radius 2 is 2.00 bits per heavy atom. The summed E-state index contributed by atoms with van der Waals surface area (Å²) in [4.78, 5) is 23.4. The molecule has 0 bridgehead atoms. The van der Waals surface area contributed by atoms with E-state index in [-0.39, 0.29) is 7.33 Å². The lowest BCUT2D eigenvalue weighted by molar-refractivity contribution is -0.126. The smallest absolute Gasteiger partial charge is 0.268 e. The molecule has 1 amide bonds. The number of amides is 1. The number of benzene rings is 2. The van der Waals surface area contributed by atoms with Crippen LogP contribution in [0.2, 0.25) is 0 Å². The number of ether oxygens (including phenoxy) is 1. The minimum atomic E-state index is -0.642. The molecule has 0 saturated heterocycles. The van der Waals surface area contributed by atoms with E-state index in [2.05, 4.69) is 37.4 Å². The fourth-order valence-corrected chi connectivity index (χ4v) is 3.69. The van der Waals surface area contributed by atoms with Crippen LogP contribution in [0.15, 0.2) is 77.0 Å². The minimum Gasteiger partial charge on any atom is -0.477 e. The van der Waals surface area contributed by atoms with Crippen molar-refractivity contribution in [2.45, 2.75) is 12.6 Å². The Hall–Kier alpha value is -3.94. The molecule has 3 aromatic rings. The Balaban J connectivity index is 0.00000245. The predicted molar refractivity (Wildman–Crippen MR) is 121 cm³/mol. The van der Waals surface area contributed by atoms with Crippen LogP contribution in [0.1, 0.15) is 6.99 Å². The van der Waals surface area contributed by atoms with Gasteiger partial charge in [0.1, 0.15) is 11.6 Å². The van der Waals surface area contributed by atoms with Crippen molar-refractivity contribution in [3.05, 3.63) is 72.6 Å². The highest BCUT2D eigenvalue weighted by Gasteiger charge is 2.31. The first kappa shape index (κ1) is 19.0. The van der Waals surface area contributed by atoms with Crippen molar-refractivity contribution in [3.63, 3.8) is 0 Å². The number of aliphatic imine (C=N–C) groups is 2. The van der Waals surface area contributed by atoms with Gasteiger partial charge in [0, 0.05) is 20.4 Å². The van der Waals surface area contributed by atoms with E-state index in [1.54, 1.807) is 12.4 Å². The summed E-state index contributed by atoms with van der Waals surface area (Å²) in [5.41, 5.74) is 3.11. The molecule has 5 rings (SSSR count). The van der Waals surface area contributed by atoms with E-state index < -0.39 is 6.10 Å². The van der Waals surface area contributed by atoms with Gasteiger partial charge in [0.15, 0.2) is 6.10 Å². The van der Waals surface area contributed by atoms with Crippen molar-refractivity contribution < 1.29 is 11.0 Å². The van der Waals surface area contributed by atoms with Gasteiger partial charge in [-0.2, -0.15) is 5.10 Å². The molecular weight excluding hydrogens is 392 g/mol. The maximum Gasteiger partial charge on any atom is 0.268 e. The topological polar surface area (TPSA) is 84.1 Å². The molecule has 2 aliphatic rings. The maximum atomic E-state index is 12.8. The molecule has 8 nitrogen and oxygen atoms in total. The van der Waals surface area contributed by atoms with E-state index in [1.807, 2.05) is 53.3 Å². The standard InChI is InChI=1S/C23H22N6O2.H2/c30-23(27-22-14-24-11-12-25-22)21-16-28(19-4-1-2-5-20(19)31-21)15-17-6-8-18(9-7-17)29-13-3-10-26-29;/h1-10,13-14,21H,11-12,15-16H2,(H,25,27,30);1H. The molecule has 158 valence electrons. The van der Waals surface area contributed by atoms with Crippen molar-refractivity contribution in [1.29, 1.82) is 0 Å². The van der Waals surface area contributed by atoms with Gasteiger partial charge in [-0.3, -0.25) is 14.8 Å². The summed E-state index contributed by atoms with van der Waals surface area (Å²) < 4.78 is 7.83. The Labute approximate surface area is 181 Å². The second-order valence-electron chi connectivity index (χ2n) is 7.36. The lowest BCUT2D eigenvalue weighted by atomic mass is 10.1. The van der Waals surface area contributed by atoms with Crippen LogP contribution in [0.4, 0.5) is 5.69 Å². The van der Waals surface area contributed by atoms with Gasteiger partial charge < -0.3 is 15.0 Å². The Bertz CT molecular complexity index is 1130. The Kier molecular flexibility index (Phi) is 5.18. The number of para-hydroxylation sites is 2. The van der Waals surface area contributed by atoms with Gasteiger partial charge in [0.05, 0.1) is 37.2 Å². The molecule has 0 spiro atoms. The van der Waals surface area contributed by atoms with Crippen molar-refractivity contribution in [3.8, 4) is 11.4 Å². The fourth-order valence-electron chi connectivity index (χ4n) is 3.69. The van der Waals surface area contributed by atoms with Crippen LogP contribution in [-0.4, -0.2) is 53.5 Å². The number of carbonyl (C=O) groups is 1. The largest absolute Gasteiger partial charge is 0.477 e. The van der Waals surface area contributed by atoms with Gasteiger partial charge in [0.25, 0.3) is 5.91 Å². The lowest BCUT2D eigenvalue weighted by Crippen LogP contribution is -2.50. The highest BCUT2D eigenvalue weighted by Crippen LogP contribution is 2.34. The first-order chi connectivity index (χ1) is 15.3. The van der Waals surface area contributed by atoms with Gasteiger partial charge >= 0.3 is 0 Å². The molecule has 0 saturated carbocycles. The summed E-state index contributed by atoms with van der Waals surface area (Å²) >= 11 is 0. The predicted octanol–water partition coefficient (Wildman–Crippen LogP) is 2.49. The molecule has 31 heavy (non-hydrogen) atoms. The van der Waals surface area contributed by atoms with Crippen LogP contribution >= 0.6 is 0 Å². The molecule has 1 N–H and O–H groups in total. The fraction of sp³-hybridized carbons (Fsp3) is 0.217. The van der Waals surface area contributed by atoms with E-state index >= 15 is 0 Å². The van der Waals surface area contributed by atoms with Gasteiger partial charge in [-0.15, -0.1) is 0 Å². The van der Waals surface area contributed by atoms with Crippen LogP contribution in [0.25, 0.3) is 5.69 Å². The van der Waals surface area contributed by atoms with E-state index in [9.17, 15) is 4.79 Å². The number of hydrogen-bond acceptors (Lipinski definition) is 6. The van der Waals surface area contributed by atoms with Crippen LogP contribution in [0, 0.1) is 0 Å². The molecule has 1 aromatic heterocycles. The summed E-state index contributed by atoms with van der Waals surface area (Å²) in [6.07, 6.45) is 4.62. The van der Waals surface area contributed by atoms with Gasteiger partial charge in [-0.1, -0.05) is 24.3 Å². The number of hydrogen-bond donors (Lipinski definition) is 1. The average Bonchev–Trinajstić information content (AvgIpc) is 3.35. The number of fused-ring (bicyclic) bond motifs is 1. The lowest BCUT2D eigenvalue weighted by Gasteiger charge is -2.35. The van der Waals surface area contributed by atoms with E-state index in [0.29, 0.717) is 37.8 Å².